The summed E-state index contributed by atoms with van der Waals surface area (Å²) in [6, 6.07) is 17.6. The van der Waals surface area contributed by atoms with Gasteiger partial charge in [0.15, 0.2) is 0 Å². The van der Waals surface area contributed by atoms with E-state index in [2.05, 4.69) is 36.1 Å². The maximum Gasteiger partial charge on any atom is 0.263 e. The summed E-state index contributed by atoms with van der Waals surface area (Å²) in [6.45, 7) is 2.98. The molecule has 1 fully saturated rings. The Kier molecular flexibility index (Phi) is 5.29. The zero-order valence-electron chi connectivity index (χ0n) is 16.3. The van der Waals surface area contributed by atoms with Gasteiger partial charge in [-0.15, -0.1) is 0 Å². The Morgan fingerprint density at radius 2 is 1.54 bits per heavy atom. The summed E-state index contributed by atoms with van der Waals surface area (Å²) >= 11 is 0. The lowest BCUT2D eigenvalue weighted by molar-refractivity contribution is -0.120. The van der Waals surface area contributed by atoms with Crippen LogP contribution in [0.5, 0.6) is 0 Å². The number of aryl methyl sites for hydroxylation is 1. The van der Waals surface area contributed by atoms with Crippen molar-refractivity contribution in [3.05, 3.63) is 71.8 Å². The third kappa shape index (κ3) is 3.59. The Morgan fingerprint density at radius 3 is 2.29 bits per heavy atom. The summed E-state index contributed by atoms with van der Waals surface area (Å²) in [5, 5.41) is 0. The van der Waals surface area contributed by atoms with Gasteiger partial charge in [-0.25, -0.2) is 4.90 Å². The maximum atomic E-state index is 13.3. The molecule has 1 saturated heterocycles. The number of imide groups is 1. The third-order valence-electron chi connectivity index (χ3n) is 5.69. The number of nitrogens with zero attached hydrogens (tertiary/aromatic N) is 2. The molecule has 2 aromatic rings. The van der Waals surface area contributed by atoms with Gasteiger partial charge in [-0.2, -0.15) is 0 Å². The zero-order valence-corrected chi connectivity index (χ0v) is 16.3. The number of para-hydroxylation sites is 1. The number of hydrogen-bond donors (Lipinski definition) is 0. The fraction of sp³-hybridized carbons (Fsp3) is 0.333. The lowest BCUT2D eigenvalue weighted by Crippen LogP contribution is -2.42. The number of carbonyl (C=O) groups excluding carboxylic acids is 2. The van der Waals surface area contributed by atoms with E-state index in [1.807, 2.05) is 30.3 Å². The van der Waals surface area contributed by atoms with Crippen LogP contribution >= 0.6 is 0 Å². The minimum atomic E-state index is -0.239. The van der Waals surface area contributed by atoms with Crippen molar-refractivity contribution >= 4 is 23.2 Å². The van der Waals surface area contributed by atoms with Crippen LogP contribution in [0.25, 0.3) is 0 Å². The number of rotatable bonds is 3. The topological polar surface area (TPSA) is 40.6 Å². The van der Waals surface area contributed by atoms with E-state index in [1.54, 1.807) is 6.08 Å². The summed E-state index contributed by atoms with van der Waals surface area (Å²) in [7, 11) is 0. The van der Waals surface area contributed by atoms with Gasteiger partial charge < -0.3 is 4.90 Å². The van der Waals surface area contributed by atoms with E-state index < -0.39 is 0 Å². The molecule has 0 aromatic heterocycles. The summed E-state index contributed by atoms with van der Waals surface area (Å²) in [4.78, 5) is 29.6. The van der Waals surface area contributed by atoms with Crippen LogP contribution in [0.15, 0.2) is 66.2 Å². The molecule has 4 nitrogen and oxygen atoms in total. The summed E-state index contributed by atoms with van der Waals surface area (Å²) in [5.41, 5.74) is 3.60. The molecule has 2 amide bonds. The van der Waals surface area contributed by atoms with Crippen molar-refractivity contribution in [2.24, 2.45) is 0 Å². The number of anilines is 2. The molecule has 4 heteroatoms. The normalized spacial score (nSPS) is 20.8. The second-order valence-corrected chi connectivity index (χ2v) is 7.66. The van der Waals surface area contributed by atoms with Gasteiger partial charge in [0.1, 0.15) is 0 Å². The molecular weight excluding hydrogens is 348 g/mol. The molecule has 0 aliphatic carbocycles. The maximum absolute atomic E-state index is 13.3. The quantitative estimate of drug-likeness (QED) is 0.735. The number of amides is 2. The molecule has 28 heavy (non-hydrogen) atoms. The molecule has 1 atom stereocenters. The van der Waals surface area contributed by atoms with Gasteiger partial charge in [-0.3, -0.25) is 9.59 Å². The van der Waals surface area contributed by atoms with E-state index in [1.165, 1.54) is 23.3 Å². The number of hydrogen-bond acceptors (Lipinski definition) is 3. The predicted molar refractivity (Wildman–Crippen MR) is 112 cm³/mol. The largest absolute Gasteiger partial charge is 0.364 e. The molecule has 0 spiro atoms. The van der Waals surface area contributed by atoms with Gasteiger partial charge >= 0.3 is 0 Å². The standard InChI is InChI=1S/C24H26N2O2/c1-18-12-14-19(15-13-18)25-16-8-3-2-7-11-22(25)21-17-23(27)26(24(21)28)20-9-5-4-6-10-20/h4-6,9-10,12-15,17,22H,2-3,7-8,11,16H2,1H3. The third-order valence-corrected chi connectivity index (χ3v) is 5.69. The van der Waals surface area contributed by atoms with E-state index in [0.29, 0.717) is 11.3 Å². The molecule has 2 aromatic carbocycles. The summed E-state index contributed by atoms with van der Waals surface area (Å²) in [6.07, 6.45) is 7.00. The second-order valence-electron chi connectivity index (χ2n) is 7.66. The SMILES string of the molecule is Cc1ccc(N2CCCCCCC2C2=CC(=O)N(c3ccccc3)C2=O)cc1. The first-order chi connectivity index (χ1) is 13.6. The molecule has 0 saturated carbocycles. The van der Waals surface area contributed by atoms with E-state index in [-0.39, 0.29) is 17.9 Å². The molecule has 1 unspecified atom stereocenters. The van der Waals surface area contributed by atoms with Crippen LogP contribution in [-0.2, 0) is 9.59 Å². The molecule has 0 N–H and O–H groups in total. The first-order valence-electron chi connectivity index (χ1n) is 10.1. The van der Waals surface area contributed by atoms with Gasteiger partial charge in [0, 0.05) is 23.9 Å². The smallest absolute Gasteiger partial charge is 0.263 e. The molecule has 2 heterocycles. The first-order valence-corrected chi connectivity index (χ1v) is 10.1. The Labute approximate surface area is 166 Å². The molecule has 4 rings (SSSR count). The average Bonchev–Trinajstić information content (AvgIpc) is 2.97. The molecule has 2 aliphatic heterocycles. The summed E-state index contributed by atoms with van der Waals surface area (Å²) in [5.74, 6) is -0.420. The van der Waals surface area contributed by atoms with Gasteiger partial charge in [0.05, 0.1) is 11.7 Å². The monoisotopic (exact) mass is 374 g/mol. The Morgan fingerprint density at radius 1 is 0.821 bits per heavy atom. The van der Waals surface area contributed by atoms with Gasteiger partial charge in [0.25, 0.3) is 11.8 Å². The van der Waals surface area contributed by atoms with Crippen molar-refractivity contribution in [3.63, 3.8) is 0 Å². The average molecular weight is 374 g/mol. The minimum absolute atomic E-state index is 0.0619. The van der Waals surface area contributed by atoms with Gasteiger partial charge in [0.2, 0.25) is 0 Å². The number of carbonyl (C=O) groups is 2. The first kappa shape index (κ1) is 18.5. The van der Waals surface area contributed by atoms with Crippen LogP contribution in [-0.4, -0.2) is 24.4 Å². The van der Waals surface area contributed by atoms with Crippen LogP contribution < -0.4 is 9.80 Å². The van der Waals surface area contributed by atoms with Crippen LogP contribution in [0.4, 0.5) is 11.4 Å². The summed E-state index contributed by atoms with van der Waals surface area (Å²) < 4.78 is 0. The number of benzene rings is 2. The van der Waals surface area contributed by atoms with Crippen molar-refractivity contribution in [2.45, 2.75) is 45.1 Å². The lowest BCUT2D eigenvalue weighted by Gasteiger charge is -2.36. The van der Waals surface area contributed by atoms with Crippen molar-refractivity contribution in [1.29, 1.82) is 0 Å². The van der Waals surface area contributed by atoms with Crippen molar-refractivity contribution in [1.82, 2.24) is 0 Å². The van der Waals surface area contributed by atoms with Crippen LogP contribution in [0.2, 0.25) is 0 Å². The van der Waals surface area contributed by atoms with Gasteiger partial charge in [-0.1, -0.05) is 55.2 Å². The van der Waals surface area contributed by atoms with Crippen LogP contribution in [0.3, 0.4) is 0 Å². The van der Waals surface area contributed by atoms with Crippen molar-refractivity contribution < 1.29 is 9.59 Å². The molecular formula is C24H26N2O2. The Hall–Kier alpha value is -2.88. The van der Waals surface area contributed by atoms with E-state index in [9.17, 15) is 9.59 Å². The lowest BCUT2D eigenvalue weighted by atomic mass is 9.95. The highest BCUT2D eigenvalue weighted by Crippen LogP contribution is 2.32. The van der Waals surface area contributed by atoms with Gasteiger partial charge in [-0.05, 0) is 44.0 Å². The van der Waals surface area contributed by atoms with Crippen molar-refractivity contribution in [3.8, 4) is 0 Å². The highest BCUT2D eigenvalue weighted by Gasteiger charge is 2.38. The Bertz CT molecular complexity index is 887. The zero-order chi connectivity index (χ0) is 19.5. The predicted octanol–water partition coefficient (Wildman–Crippen LogP) is 4.63. The fourth-order valence-corrected chi connectivity index (χ4v) is 4.20. The second kappa shape index (κ2) is 8.01. The molecule has 2 aliphatic rings. The Balaban J connectivity index is 1.67. The van der Waals surface area contributed by atoms with E-state index >= 15 is 0 Å². The van der Waals surface area contributed by atoms with E-state index in [0.717, 1.165) is 31.5 Å². The molecule has 0 bridgehead atoms. The highest BCUT2D eigenvalue weighted by atomic mass is 16.2. The van der Waals surface area contributed by atoms with E-state index in [4.69, 9.17) is 0 Å². The minimum Gasteiger partial charge on any atom is -0.364 e. The molecule has 0 radical (unpaired) electrons. The van der Waals surface area contributed by atoms with Crippen molar-refractivity contribution in [2.75, 3.05) is 16.3 Å². The highest BCUT2D eigenvalue weighted by molar-refractivity contribution is 6.31. The fourth-order valence-electron chi connectivity index (χ4n) is 4.20. The van der Waals surface area contributed by atoms with Crippen LogP contribution in [0.1, 0.15) is 37.7 Å². The van der Waals surface area contributed by atoms with Crippen LogP contribution in [0, 0.1) is 6.92 Å². The molecule has 144 valence electrons.